The van der Waals surface area contributed by atoms with E-state index in [1.807, 2.05) is 0 Å². The van der Waals surface area contributed by atoms with E-state index in [-0.39, 0.29) is 31.0 Å². The number of hydrogen-bond donors (Lipinski definition) is 2. The highest BCUT2D eigenvalue weighted by Crippen LogP contribution is 2.31. The molecular formula is C16H16ClN5O4. The van der Waals surface area contributed by atoms with Crippen molar-refractivity contribution in [3.05, 3.63) is 47.1 Å². The molecule has 1 amide bonds. The van der Waals surface area contributed by atoms with Gasteiger partial charge in [-0.05, 0) is 12.1 Å². The van der Waals surface area contributed by atoms with E-state index in [4.69, 9.17) is 21.4 Å². The second kappa shape index (κ2) is 7.54. The maximum atomic E-state index is 12.6. The topological polar surface area (TPSA) is 110 Å². The molecule has 1 aliphatic heterocycles. The normalized spacial score (nSPS) is 14.1. The van der Waals surface area contributed by atoms with Crippen molar-refractivity contribution in [1.82, 2.24) is 19.7 Å². The van der Waals surface area contributed by atoms with Gasteiger partial charge in [-0.1, -0.05) is 17.7 Å². The lowest BCUT2D eigenvalue weighted by Gasteiger charge is -2.16. The Balaban J connectivity index is 2.02. The fourth-order valence-corrected chi connectivity index (χ4v) is 2.92. The molecule has 0 aliphatic carbocycles. The summed E-state index contributed by atoms with van der Waals surface area (Å²) in [6.45, 7) is -0.0571. The van der Waals surface area contributed by atoms with Crippen molar-refractivity contribution in [1.29, 1.82) is 0 Å². The first-order valence-electron chi connectivity index (χ1n) is 7.69. The van der Waals surface area contributed by atoms with Crippen LogP contribution in [0.25, 0.3) is 5.69 Å². The number of nitrogens with one attached hydrogen (secondary N) is 1. The fraction of sp³-hybridized carbons (Fsp3) is 0.250. The molecule has 0 atom stereocenters. The second-order valence-electron chi connectivity index (χ2n) is 5.40. The number of aromatic nitrogens is 3. The van der Waals surface area contributed by atoms with Crippen molar-refractivity contribution in [2.45, 2.75) is 0 Å². The molecule has 0 radical (unpaired) electrons. The highest BCUT2D eigenvalue weighted by molar-refractivity contribution is 6.33. The van der Waals surface area contributed by atoms with E-state index in [0.29, 0.717) is 16.4 Å². The average molecular weight is 378 g/mol. The number of nitrogens with zero attached hydrogens (tertiary/aromatic N) is 4. The third-order valence-electron chi connectivity index (χ3n) is 3.85. The number of halogens is 1. The zero-order valence-electron chi connectivity index (χ0n) is 13.8. The summed E-state index contributed by atoms with van der Waals surface area (Å²) in [7, 11) is 1.24. The first kappa shape index (κ1) is 17.9. The number of carbonyl (C=O) groups excluding carboxylic acids is 2. The van der Waals surface area contributed by atoms with Gasteiger partial charge in [0.25, 0.3) is 5.91 Å². The molecule has 1 aromatic carbocycles. The molecule has 3 rings (SSSR count). The van der Waals surface area contributed by atoms with Gasteiger partial charge in [0.05, 0.1) is 36.5 Å². The summed E-state index contributed by atoms with van der Waals surface area (Å²) < 4.78 is 6.22. The molecule has 1 aliphatic rings. The van der Waals surface area contributed by atoms with Crippen LogP contribution in [0, 0.1) is 0 Å². The summed E-state index contributed by atoms with van der Waals surface area (Å²) in [4.78, 5) is 30.0. The van der Waals surface area contributed by atoms with Gasteiger partial charge in [-0.15, -0.1) is 0 Å². The van der Waals surface area contributed by atoms with Gasteiger partial charge >= 0.3 is 5.97 Å². The SMILES string of the molecule is COC(=O)C1=C(Nc2cccc(Cl)c2-n2cncn2)C(=O)N(CCO)C1. The van der Waals surface area contributed by atoms with Crippen LogP contribution in [0.2, 0.25) is 5.02 Å². The predicted octanol–water partition coefficient (Wildman–Crippen LogP) is 0.594. The lowest BCUT2D eigenvalue weighted by atomic mass is 10.2. The summed E-state index contributed by atoms with van der Waals surface area (Å²) in [5.74, 6) is -1.03. The van der Waals surface area contributed by atoms with E-state index in [1.54, 1.807) is 18.2 Å². The largest absolute Gasteiger partial charge is 0.466 e. The molecule has 2 heterocycles. The Morgan fingerprint density at radius 2 is 2.27 bits per heavy atom. The quantitative estimate of drug-likeness (QED) is 0.709. The van der Waals surface area contributed by atoms with Crippen molar-refractivity contribution >= 4 is 29.2 Å². The number of para-hydroxylation sites is 1. The Morgan fingerprint density at radius 1 is 1.46 bits per heavy atom. The van der Waals surface area contributed by atoms with Crippen LogP contribution in [0.4, 0.5) is 5.69 Å². The van der Waals surface area contributed by atoms with E-state index < -0.39 is 11.9 Å². The molecule has 0 spiro atoms. The second-order valence-corrected chi connectivity index (χ2v) is 5.80. The number of amides is 1. The number of aliphatic hydroxyl groups is 1. The lowest BCUT2D eigenvalue weighted by Crippen LogP contribution is -2.31. The maximum absolute atomic E-state index is 12.6. The summed E-state index contributed by atoms with van der Waals surface area (Å²) in [6, 6.07) is 5.08. The van der Waals surface area contributed by atoms with Crippen LogP contribution < -0.4 is 5.32 Å². The van der Waals surface area contributed by atoms with Gasteiger partial charge in [0, 0.05) is 6.54 Å². The number of carbonyl (C=O) groups is 2. The number of methoxy groups -OCH3 is 1. The van der Waals surface area contributed by atoms with Gasteiger partial charge in [-0.2, -0.15) is 5.10 Å². The van der Waals surface area contributed by atoms with Crippen LogP contribution in [0.5, 0.6) is 0 Å². The molecular weight excluding hydrogens is 362 g/mol. The molecule has 136 valence electrons. The molecule has 26 heavy (non-hydrogen) atoms. The molecule has 0 bridgehead atoms. The Labute approximate surface area is 153 Å². The number of ether oxygens (including phenoxy) is 1. The monoisotopic (exact) mass is 377 g/mol. The zero-order chi connectivity index (χ0) is 18.7. The lowest BCUT2D eigenvalue weighted by molar-refractivity contribution is -0.136. The van der Waals surface area contributed by atoms with E-state index in [2.05, 4.69) is 15.4 Å². The molecule has 0 unspecified atom stereocenters. The number of esters is 1. The number of benzene rings is 1. The van der Waals surface area contributed by atoms with Crippen molar-refractivity contribution in [3.8, 4) is 5.69 Å². The standard InChI is InChI=1S/C16H16ClN5O4/c1-26-16(25)10-7-21(5-6-23)15(24)13(10)20-12-4-2-3-11(17)14(12)22-9-18-8-19-22/h2-4,8-9,20,23H,5-7H2,1H3. The molecule has 2 N–H and O–H groups in total. The van der Waals surface area contributed by atoms with Gasteiger partial charge in [0.2, 0.25) is 0 Å². The Kier molecular flexibility index (Phi) is 5.19. The van der Waals surface area contributed by atoms with E-state index >= 15 is 0 Å². The summed E-state index contributed by atoms with van der Waals surface area (Å²) >= 11 is 6.28. The summed E-state index contributed by atoms with van der Waals surface area (Å²) in [5, 5.41) is 16.5. The van der Waals surface area contributed by atoms with Crippen molar-refractivity contribution in [3.63, 3.8) is 0 Å². The van der Waals surface area contributed by atoms with Crippen LogP contribution in [0.15, 0.2) is 42.1 Å². The van der Waals surface area contributed by atoms with Crippen LogP contribution >= 0.6 is 11.6 Å². The average Bonchev–Trinajstić information content (AvgIpc) is 3.25. The molecule has 0 saturated heterocycles. The molecule has 0 saturated carbocycles. The minimum absolute atomic E-state index is 0.0492. The number of anilines is 1. The van der Waals surface area contributed by atoms with Gasteiger partial charge < -0.3 is 20.1 Å². The Bertz CT molecular complexity index is 866. The number of hydrogen-bond acceptors (Lipinski definition) is 7. The minimum Gasteiger partial charge on any atom is -0.466 e. The van der Waals surface area contributed by atoms with E-state index in [0.717, 1.165) is 0 Å². The van der Waals surface area contributed by atoms with Crippen molar-refractivity contribution in [2.75, 3.05) is 32.1 Å². The molecule has 10 heteroatoms. The van der Waals surface area contributed by atoms with Crippen molar-refractivity contribution < 1.29 is 19.4 Å². The van der Waals surface area contributed by atoms with Crippen molar-refractivity contribution in [2.24, 2.45) is 0 Å². The third kappa shape index (κ3) is 3.26. The first-order valence-corrected chi connectivity index (χ1v) is 8.06. The first-order chi connectivity index (χ1) is 12.6. The van der Waals surface area contributed by atoms with Gasteiger partial charge in [0.15, 0.2) is 0 Å². The molecule has 1 aromatic heterocycles. The van der Waals surface area contributed by atoms with E-state index in [1.165, 1.54) is 29.3 Å². The highest BCUT2D eigenvalue weighted by atomic mass is 35.5. The summed E-state index contributed by atoms with van der Waals surface area (Å²) in [5.41, 5.74) is 1.21. The predicted molar refractivity (Wildman–Crippen MR) is 92.7 cm³/mol. The molecule has 2 aromatic rings. The third-order valence-corrected chi connectivity index (χ3v) is 4.15. The van der Waals surface area contributed by atoms with Gasteiger partial charge in [0.1, 0.15) is 24.0 Å². The molecule has 0 fully saturated rings. The smallest absolute Gasteiger partial charge is 0.337 e. The fourth-order valence-electron chi connectivity index (χ4n) is 2.66. The number of rotatable bonds is 6. The van der Waals surface area contributed by atoms with Crippen LogP contribution in [0.1, 0.15) is 0 Å². The Hall–Kier alpha value is -2.91. The minimum atomic E-state index is -0.620. The van der Waals surface area contributed by atoms with Crippen LogP contribution in [-0.4, -0.2) is 63.5 Å². The number of β-amino-alcohol motifs (C(OH)–C–C–N with tert-alkyl or cyclic N) is 1. The zero-order valence-corrected chi connectivity index (χ0v) is 14.6. The Morgan fingerprint density at radius 3 is 2.92 bits per heavy atom. The van der Waals surface area contributed by atoms with Crippen LogP contribution in [-0.2, 0) is 14.3 Å². The van der Waals surface area contributed by atoms with Gasteiger partial charge in [-0.25, -0.2) is 14.5 Å². The molecule has 9 nitrogen and oxygen atoms in total. The highest BCUT2D eigenvalue weighted by Gasteiger charge is 2.34. The number of aliphatic hydroxyl groups excluding tert-OH is 1. The maximum Gasteiger partial charge on any atom is 0.337 e. The summed E-state index contributed by atoms with van der Waals surface area (Å²) in [6.07, 6.45) is 2.83. The van der Waals surface area contributed by atoms with E-state index in [9.17, 15) is 9.59 Å². The van der Waals surface area contributed by atoms with Gasteiger partial charge in [-0.3, -0.25) is 4.79 Å². The van der Waals surface area contributed by atoms with Crippen LogP contribution in [0.3, 0.4) is 0 Å².